The number of amides is 1. The van der Waals surface area contributed by atoms with E-state index in [4.69, 9.17) is 0 Å². The van der Waals surface area contributed by atoms with Crippen LogP contribution in [0.2, 0.25) is 0 Å². The van der Waals surface area contributed by atoms with Crippen LogP contribution in [0.5, 0.6) is 0 Å². The molecule has 27 heavy (non-hydrogen) atoms. The van der Waals surface area contributed by atoms with Crippen LogP contribution in [0.15, 0.2) is 42.5 Å². The Hall–Kier alpha value is -2.84. The van der Waals surface area contributed by atoms with Crippen molar-refractivity contribution in [2.75, 3.05) is 18.5 Å². The van der Waals surface area contributed by atoms with E-state index in [9.17, 15) is 14.3 Å². The van der Waals surface area contributed by atoms with E-state index in [0.29, 0.717) is 12.1 Å². The summed E-state index contributed by atoms with van der Waals surface area (Å²) in [5.41, 5.74) is 3.06. The van der Waals surface area contributed by atoms with Crippen molar-refractivity contribution in [2.45, 2.75) is 25.4 Å². The maximum absolute atomic E-state index is 13.8. The third-order valence-corrected chi connectivity index (χ3v) is 5.49. The lowest BCUT2D eigenvalue weighted by Gasteiger charge is -2.39. The first-order chi connectivity index (χ1) is 13.1. The molecule has 0 spiro atoms. The summed E-state index contributed by atoms with van der Waals surface area (Å²) in [7, 11) is 0. The van der Waals surface area contributed by atoms with Gasteiger partial charge >= 0.3 is 0 Å². The molecule has 3 atom stereocenters. The van der Waals surface area contributed by atoms with E-state index in [1.165, 1.54) is 6.07 Å². The number of rotatable bonds is 1. The van der Waals surface area contributed by atoms with E-state index in [1.54, 1.807) is 25.1 Å². The van der Waals surface area contributed by atoms with Crippen molar-refractivity contribution in [2.24, 2.45) is 5.92 Å². The molecule has 0 radical (unpaired) electrons. The van der Waals surface area contributed by atoms with Crippen molar-refractivity contribution >= 4 is 11.6 Å². The van der Waals surface area contributed by atoms with Crippen LogP contribution in [0.3, 0.4) is 0 Å². The van der Waals surface area contributed by atoms with Crippen LogP contribution in [0, 0.1) is 23.6 Å². The highest BCUT2D eigenvalue weighted by Gasteiger charge is 2.44. The number of aliphatic hydroxyl groups excluding tert-OH is 1. The summed E-state index contributed by atoms with van der Waals surface area (Å²) in [5, 5.41) is 13.1. The van der Waals surface area contributed by atoms with Gasteiger partial charge in [0.2, 0.25) is 5.91 Å². The number of carbonyl (C=O) groups is 1. The standard InChI is InChI=1S/C22H21FN2O2/c1-14(27)25-11-10-17-21(13-26)24-20-9-7-15(12-18(20)22(17)25)6-8-16-4-2-3-5-19(16)23/h2-5,7,9,12,17,21-22,24,26H,10-11,13H2,1H3/t17-,21-,22-/m0/s1. The molecule has 2 aliphatic rings. The number of fused-ring (bicyclic) bond motifs is 3. The second-order valence-corrected chi connectivity index (χ2v) is 7.08. The average molecular weight is 364 g/mol. The molecule has 1 fully saturated rings. The normalized spacial score (nSPS) is 22.9. The monoisotopic (exact) mass is 364 g/mol. The molecule has 2 aromatic rings. The maximum Gasteiger partial charge on any atom is 0.219 e. The molecule has 1 saturated heterocycles. The summed E-state index contributed by atoms with van der Waals surface area (Å²) in [6, 6.07) is 12.1. The molecule has 4 rings (SSSR count). The van der Waals surface area contributed by atoms with Gasteiger partial charge in [-0.05, 0) is 42.3 Å². The van der Waals surface area contributed by atoms with Crippen LogP contribution in [0.1, 0.15) is 36.1 Å². The van der Waals surface area contributed by atoms with Gasteiger partial charge in [0.05, 0.1) is 24.3 Å². The molecule has 2 aliphatic heterocycles. The number of hydrogen-bond acceptors (Lipinski definition) is 3. The van der Waals surface area contributed by atoms with Gasteiger partial charge in [0.1, 0.15) is 5.82 Å². The van der Waals surface area contributed by atoms with Gasteiger partial charge in [-0.25, -0.2) is 4.39 Å². The Morgan fingerprint density at radius 3 is 2.85 bits per heavy atom. The average Bonchev–Trinajstić information content (AvgIpc) is 3.12. The molecule has 0 aliphatic carbocycles. The molecule has 2 aromatic carbocycles. The number of carbonyl (C=O) groups excluding carboxylic acids is 1. The molecule has 5 heteroatoms. The van der Waals surface area contributed by atoms with Crippen LogP contribution >= 0.6 is 0 Å². The largest absolute Gasteiger partial charge is 0.394 e. The highest BCUT2D eigenvalue weighted by Crippen LogP contribution is 2.46. The Morgan fingerprint density at radius 1 is 1.30 bits per heavy atom. The SMILES string of the molecule is CC(=O)N1CC[C@H]2[C@H](CO)Nc3ccc(C#Cc4ccccc4F)cc3[C@H]21. The molecule has 0 aromatic heterocycles. The number of anilines is 1. The molecule has 0 unspecified atom stereocenters. The molecule has 0 saturated carbocycles. The fourth-order valence-corrected chi connectivity index (χ4v) is 4.20. The van der Waals surface area contributed by atoms with Gasteiger partial charge in [0, 0.05) is 30.6 Å². The minimum absolute atomic E-state index is 0.0290. The summed E-state index contributed by atoms with van der Waals surface area (Å²) in [5.74, 6) is 5.78. The van der Waals surface area contributed by atoms with E-state index < -0.39 is 0 Å². The van der Waals surface area contributed by atoms with Crippen LogP contribution in [0.4, 0.5) is 10.1 Å². The van der Waals surface area contributed by atoms with Crippen molar-refractivity contribution in [3.63, 3.8) is 0 Å². The van der Waals surface area contributed by atoms with Crippen LogP contribution < -0.4 is 5.32 Å². The summed E-state index contributed by atoms with van der Waals surface area (Å²) >= 11 is 0. The van der Waals surface area contributed by atoms with E-state index in [-0.39, 0.29) is 36.3 Å². The van der Waals surface area contributed by atoms with Gasteiger partial charge in [0.15, 0.2) is 0 Å². The van der Waals surface area contributed by atoms with Crippen molar-refractivity contribution < 1.29 is 14.3 Å². The molecule has 138 valence electrons. The summed E-state index contributed by atoms with van der Waals surface area (Å²) in [4.78, 5) is 14.0. The number of hydrogen-bond donors (Lipinski definition) is 2. The molecular weight excluding hydrogens is 343 g/mol. The predicted molar refractivity (Wildman–Crippen MR) is 102 cm³/mol. The Balaban J connectivity index is 1.73. The number of benzene rings is 2. The second-order valence-electron chi connectivity index (χ2n) is 7.08. The number of likely N-dealkylation sites (tertiary alicyclic amines) is 1. The number of halogens is 1. The first kappa shape index (κ1) is 17.6. The lowest BCUT2D eigenvalue weighted by atomic mass is 9.82. The first-order valence-electron chi connectivity index (χ1n) is 9.13. The van der Waals surface area contributed by atoms with Gasteiger partial charge in [-0.1, -0.05) is 24.0 Å². The van der Waals surface area contributed by atoms with Crippen LogP contribution in [-0.2, 0) is 4.79 Å². The minimum atomic E-state index is -0.339. The van der Waals surface area contributed by atoms with Gasteiger partial charge < -0.3 is 15.3 Å². The fraction of sp³-hybridized carbons (Fsp3) is 0.318. The molecule has 4 nitrogen and oxygen atoms in total. The maximum atomic E-state index is 13.8. The number of nitrogens with one attached hydrogen (secondary N) is 1. The van der Waals surface area contributed by atoms with Gasteiger partial charge in [-0.2, -0.15) is 0 Å². The summed E-state index contributed by atoms with van der Waals surface area (Å²) < 4.78 is 13.8. The van der Waals surface area contributed by atoms with Gasteiger partial charge in [-0.3, -0.25) is 4.79 Å². The van der Waals surface area contributed by atoms with Crippen molar-refractivity contribution in [1.82, 2.24) is 4.90 Å². The van der Waals surface area contributed by atoms with E-state index in [2.05, 4.69) is 17.2 Å². The first-order valence-corrected chi connectivity index (χ1v) is 9.13. The predicted octanol–water partition coefficient (Wildman–Crippen LogP) is 2.92. The molecule has 2 N–H and O–H groups in total. The zero-order valence-electron chi connectivity index (χ0n) is 15.1. The van der Waals surface area contributed by atoms with Crippen LogP contribution in [-0.4, -0.2) is 35.1 Å². The van der Waals surface area contributed by atoms with Crippen molar-refractivity contribution in [3.05, 3.63) is 65.0 Å². The van der Waals surface area contributed by atoms with Crippen LogP contribution in [0.25, 0.3) is 0 Å². The molecule has 2 heterocycles. The van der Waals surface area contributed by atoms with Crippen molar-refractivity contribution in [1.29, 1.82) is 0 Å². The Morgan fingerprint density at radius 2 is 2.11 bits per heavy atom. The second kappa shape index (κ2) is 7.05. The lowest BCUT2D eigenvalue weighted by Crippen LogP contribution is -2.42. The minimum Gasteiger partial charge on any atom is -0.394 e. The number of aliphatic hydroxyl groups is 1. The molecule has 1 amide bonds. The third kappa shape index (κ3) is 3.17. The quantitative estimate of drug-likeness (QED) is 0.765. The summed E-state index contributed by atoms with van der Waals surface area (Å²) in [6.07, 6.45) is 0.854. The fourth-order valence-electron chi connectivity index (χ4n) is 4.20. The van der Waals surface area contributed by atoms with Crippen molar-refractivity contribution in [3.8, 4) is 11.8 Å². The molecule has 0 bridgehead atoms. The Kier molecular flexibility index (Phi) is 4.59. The smallest absolute Gasteiger partial charge is 0.219 e. The third-order valence-electron chi connectivity index (χ3n) is 5.49. The highest BCUT2D eigenvalue weighted by molar-refractivity contribution is 5.75. The van der Waals surface area contributed by atoms with E-state index in [1.807, 2.05) is 23.1 Å². The zero-order valence-corrected chi connectivity index (χ0v) is 15.1. The van der Waals surface area contributed by atoms with E-state index >= 15 is 0 Å². The van der Waals surface area contributed by atoms with E-state index in [0.717, 1.165) is 23.2 Å². The molecular formula is C22H21FN2O2. The Labute approximate surface area is 158 Å². The summed E-state index contributed by atoms with van der Waals surface area (Å²) in [6.45, 7) is 2.30. The topological polar surface area (TPSA) is 52.6 Å². The number of nitrogens with zero attached hydrogens (tertiary/aromatic N) is 1. The lowest BCUT2D eigenvalue weighted by molar-refractivity contribution is -0.130. The Bertz CT molecular complexity index is 947. The van der Waals surface area contributed by atoms with Gasteiger partial charge in [-0.15, -0.1) is 0 Å². The van der Waals surface area contributed by atoms with Gasteiger partial charge in [0.25, 0.3) is 0 Å². The zero-order chi connectivity index (χ0) is 19.0. The highest BCUT2D eigenvalue weighted by atomic mass is 19.1.